The molecule has 2 heterocycles. The Morgan fingerprint density at radius 1 is 1.71 bits per heavy atom. The smallest absolute Gasteiger partial charge is 0.269 e. The molecule has 3 N–H and O–H groups in total. The van der Waals surface area contributed by atoms with Gasteiger partial charge in [-0.2, -0.15) is 5.10 Å². The fourth-order valence-electron chi connectivity index (χ4n) is 1.99. The third-order valence-corrected chi connectivity index (χ3v) is 2.64. The number of aliphatic hydroxyl groups is 2. The highest BCUT2D eigenvalue weighted by molar-refractivity contribution is 5.96. The third-order valence-electron chi connectivity index (χ3n) is 2.64. The molecule has 1 amide bonds. The summed E-state index contributed by atoms with van der Waals surface area (Å²) in [5.74, 6) is -0.382. The Kier molecular flexibility index (Phi) is 2.89. The van der Waals surface area contributed by atoms with Crippen LogP contribution in [0.4, 0.5) is 0 Å². The minimum Gasteiger partial charge on any atom is -0.506 e. The zero-order valence-corrected chi connectivity index (χ0v) is 9.60. The number of nitrogens with zero attached hydrogens (tertiary/aromatic N) is 2. The number of nitrogens with one attached hydrogen (secondary N) is 1. The van der Waals surface area contributed by atoms with E-state index in [4.69, 9.17) is 0 Å². The van der Waals surface area contributed by atoms with Gasteiger partial charge in [0.1, 0.15) is 17.1 Å². The second-order valence-electron chi connectivity index (χ2n) is 4.16. The molecule has 0 saturated carbocycles. The van der Waals surface area contributed by atoms with Crippen molar-refractivity contribution in [3.63, 3.8) is 0 Å². The number of carbonyl (C=O) groups is 1. The molecular formula is C11H15N3O3. The van der Waals surface area contributed by atoms with Crippen LogP contribution in [0.1, 0.15) is 28.7 Å². The Labute approximate surface area is 98.6 Å². The van der Waals surface area contributed by atoms with Gasteiger partial charge in [0.05, 0.1) is 12.6 Å². The van der Waals surface area contributed by atoms with Crippen molar-refractivity contribution in [3.05, 3.63) is 23.5 Å². The molecule has 1 aromatic heterocycles. The summed E-state index contributed by atoms with van der Waals surface area (Å²) in [6.45, 7) is 5.78. The van der Waals surface area contributed by atoms with E-state index >= 15 is 0 Å². The molecule has 1 atom stereocenters. The number of aliphatic hydroxyl groups excluding tert-OH is 2. The van der Waals surface area contributed by atoms with Crippen LogP contribution in [0.3, 0.4) is 0 Å². The van der Waals surface area contributed by atoms with E-state index < -0.39 is 6.10 Å². The van der Waals surface area contributed by atoms with Gasteiger partial charge < -0.3 is 15.5 Å². The summed E-state index contributed by atoms with van der Waals surface area (Å²) in [7, 11) is 0. The van der Waals surface area contributed by atoms with Gasteiger partial charge in [0.25, 0.3) is 5.91 Å². The number of amides is 1. The van der Waals surface area contributed by atoms with Crippen LogP contribution in [0, 0.1) is 0 Å². The van der Waals surface area contributed by atoms with E-state index in [0.29, 0.717) is 29.9 Å². The maximum absolute atomic E-state index is 11.8. The lowest BCUT2D eigenvalue weighted by Crippen LogP contribution is -2.34. The standard InChI is InChI=1S/C11H15N3O3/c1-6(15)5-14-10-8(3-4-12-11(10)17)9(13-14)7(2)16/h6,15-16H,2-5H2,1H3,(H,12,17). The first-order valence-electron chi connectivity index (χ1n) is 5.45. The normalized spacial score (nSPS) is 16.2. The van der Waals surface area contributed by atoms with Crippen LogP contribution in [0.15, 0.2) is 6.58 Å². The molecule has 0 aliphatic carbocycles. The van der Waals surface area contributed by atoms with E-state index in [1.807, 2.05) is 0 Å². The number of carbonyl (C=O) groups excluding carboxylic acids is 1. The molecule has 0 bridgehead atoms. The summed E-state index contributed by atoms with van der Waals surface area (Å²) in [6, 6.07) is 0. The summed E-state index contributed by atoms with van der Waals surface area (Å²) in [5, 5.41) is 25.7. The zero-order chi connectivity index (χ0) is 12.6. The van der Waals surface area contributed by atoms with Crippen LogP contribution in [-0.2, 0) is 13.0 Å². The van der Waals surface area contributed by atoms with Crippen LogP contribution >= 0.6 is 0 Å². The van der Waals surface area contributed by atoms with Crippen molar-refractivity contribution in [2.45, 2.75) is 26.0 Å². The highest BCUT2D eigenvalue weighted by Gasteiger charge is 2.27. The lowest BCUT2D eigenvalue weighted by Gasteiger charge is -2.15. The highest BCUT2D eigenvalue weighted by atomic mass is 16.3. The van der Waals surface area contributed by atoms with Crippen molar-refractivity contribution in [1.82, 2.24) is 15.1 Å². The van der Waals surface area contributed by atoms with E-state index in [1.54, 1.807) is 6.92 Å². The molecule has 2 rings (SSSR count). The van der Waals surface area contributed by atoms with Crippen LogP contribution in [0.25, 0.3) is 5.76 Å². The third kappa shape index (κ3) is 2.03. The van der Waals surface area contributed by atoms with Gasteiger partial charge in [0.15, 0.2) is 0 Å². The number of rotatable bonds is 3. The Hall–Kier alpha value is -1.82. The summed E-state index contributed by atoms with van der Waals surface area (Å²) in [5.41, 5.74) is 1.44. The van der Waals surface area contributed by atoms with E-state index in [2.05, 4.69) is 17.0 Å². The maximum Gasteiger partial charge on any atom is 0.269 e. The van der Waals surface area contributed by atoms with Crippen molar-refractivity contribution in [3.8, 4) is 0 Å². The first kappa shape index (κ1) is 11.7. The molecule has 0 fully saturated rings. The molecular weight excluding hydrogens is 222 g/mol. The monoisotopic (exact) mass is 237 g/mol. The van der Waals surface area contributed by atoms with Crippen LogP contribution in [0.5, 0.6) is 0 Å². The van der Waals surface area contributed by atoms with E-state index in [0.717, 1.165) is 0 Å². The van der Waals surface area contributed by atoms with E-state index in [-0.39, 0.29) is 18.2 Å². The lowest BCUT2D eigenvalue weighted by molar-refractivity contribution is 0.0928. The number of aromatic nitrogens is 2. The molecule has 0 saturated heterocycles. The SMILES string of the molecule is C=C(O)c1nn(CC(C)O)c2c1CCNC2=O. The second-order valence-corrected chi connectivity index (χ2v) is 4.16. The maximum atomic E-state index is 11.8. The molecule has 6 nitrogen and oxygen atoms in total. The summed E-state index contributed by atoms with van der Waals surface area (Å²) < 4.78 is 1.42. The Morgan fingerprint density at radius 3 is 3.00 bits per heavy atom. The topological polar surface area (TPSA) is 87.4 Å². The molecule has 1 unspecified atom stereocenters. The van der Waals surface area contributed by atoms with Crippen LogP contribution in [-0.4, -0.2) is 38.5 Å². The number of hydrogen-bond acceptors (Lipinski definition) is 4. The molecule has 1 aliphatic heterocycles. The first-order valence-corrected chi connectivity index (χ1v) is 5.45. The summed E-state index contributed by atoms with van der Waals surface area (Å²) in [4.78, 5) is 11.8. The molecule has 1 aliphatic rings. The predicted molar refractivity (Wildman–Crippen MR) is 61.6 cm³/mol. The van der Waals surface area contributed by atoms with Crippen molar-refractivity contribution >= 4 is 11.7 Å². The highest BCUT2D eigenvalue weighted by Crippen LogP contribution is 2.22. The predicted octanol–water partition coefficient (Wildman–Crippen LogP) is 0.0785. The van der Waals surface area contributed by atoms with Crippen molar-refractivity contribution in [1.29, 1.82) is 0 Å². The minimum absolute atomic E-state index is 0.153. The van der Waals surface area contributed by atoms with Gasteiger partial charge in [0.2, 0.25) is 0 Å². The molecule has 17 heavy (non-hydrogen) atoms. The quantitative estimate of drug-likeness (QED) is 0.650. The van der Waals surface area contributed by atoms with Gasteiger partial charge in [0, 0.05) is 12.1 Å². The fourth-order valence-corrected chi connectivity index (χ4v) is 1.99. The molecule has 0 aromatic carbocycles. The van der Waals surface area contributed by atoms with Gasteiger partial charge in [-0.05, 0) is 13.3 Å². The van der Waals surface area contributed by atoms with E-state index in [1.165, 1.54) is 4.68 Å². The largest absolute Gasteiger partial charge is 0.506 e. The minimum atomic E-state index is -0.617. The van der Waals surface area contributed by atoms with Crippen molar-refractivity contribution < 1.29 is 15.0 Å². The fraction of sp³-hybridized carbons (Fsp3) is 0.455. The number of fused-ring (bicyclic) bond motifs is 1. The first-order chi connectivity index (χ1) is 8.00. The van der Waals surface area contributed by atoms with Crippen molar-refractivity contribution in [2.75, 3.05) is 6.54 Å². The Balaban J connectivity index is 2.53. The molecule has 0 radical (unpaired) electrons. The molecule has 0 spiro atoms. The van der Waals surface area contributed by atoms with Gasteiger partial charge in [-0.25, -0.2) is 0 Å². The van der Waals surface area contributed by atoms with Crippen LogP contribution < -0.4 is 5.32 Å². The Bertz CT molecular complexity index is 477. The average molecular weight is 237 g/mol. The molecule has 6 heteroatoms. The molecule has 92 valence electrons. The second kappa shape index (κ2) is 4.21. The van der Waals surface area contributed by atoms with Crippen molar-refractivity contribution in [2.24, 2.45) is 0 Å². The zero-order valence-electron chi connectivity index (χ0n) is 9.60. The van der Waals surface area contributed by atoms with Gasteiger partial charge in [-0.1, -0.05) is 6.58 Å². The number of hydrogen-bond donors (Lipinski definition) is 3. The summed E-state index contributed by atoms with van der Waals surface area (Å²) in [6.07, 6.45) is -0.0102. The summed E-state index contributed by atoms with van der Waals surface area (Å²) >= 11 is 0. The lowest BCUT2D eigenvalue weighted by atomic mass is 10.0. The van der Waals surface area contributed by atoms with E-state index in [9.17, 15) is 15.0 Å². The van der Waals surface area contributed by atoms with Gasteiger partial charge in [-0.3, -0.25) is 9.48 Å². The Morgan fingerprint density at radius 2 is 2.41 bits per heavy atom. The van der Waals surface area contributed by atoms with Gasteiger partial charge in [-0.15, -0.1) is 0 Å². The van der Waals surface area contributed by atoms with Crippen LogP contribution in [0.2, 0.25) is 0 Å². The average Bonchev–Trinajstić information content (AvgIpc) is 2.57. The molecule has 1 aromatic rings. The van der Waals surface area contributed by atoms with Gasteiger partial charge >= 0.3 is 0 Å².